The van der Waals surface area contributed by atoms with E-state index in [0.29, 0.717) is 17.6 Å². The predicted molar refractivity (Wildman–Crippen MR) is 190 cm³/mol. The number of thiophene rings is 1. The van der Waals surface area contributed by atoms with E-state index in [1.54, 1.807) is 0 Å². The largest absolute Gasteiger partial charge is 0.277 e. The second kappa shape index (κ2) is 9.80. The average molecular weight is 605 g/mol. The highest BCUT2D eigenvalue weighted by molar-refractivity contribution is 7.26. The molecular formula is C41H24N4S. The molecule has 3 heterocycles. The van der Waals surface area contributed by atoms with Crippen molar-refractivity contribution in [2.24, 2.45) is 0 Å². The summed E-state index contributed by atoms with van der Waals surface area (Å²) in [7, 11) is 0. The molecule has 5 heteroatoms. The van der Waals surface area contributed by atoms with Crippen molar-refractivity contribution < 1.29 is 0 Å². The molecule has 214 valence electrons. The molecule has 0 fully saturated rings. The van der Waals surface area contributed by atoms with Crippen LogP contribution in [0.25, 0.3) is 93.3 Å². The predicted octanol–water partition coefficient (Wildman–Crippen LogP) is 10.8. The van der Waals surface area contributed by atoms with Crippen LogP contribution in [0.4, 0.5) is 0 Å². The van der Waals surface area contributed by atoms with Crippen LogP contribution in [0.5, 0.6) is 0 Å². The Labute approximate surface area is 268 Å². The van der Waals surface area contributed by atoms with Crippen LogP contribution < -0.4 is 0 Å². The quantitative estimate of drug-likeness (QED) is 0.201. The van der Waals surface area contributed by atoms with E-state index in [1.807, 2.05) is 47.7 Å². The second-order valence-electron chi connectivity index (χ2n) is 11.6. The first-order valence-corrected chi connectivity index (χ1v) is 16.2. The molecular weight excluding hydrogens is 581 g/mol. The smallest absolute Gasteiger partial charge is 0.238 e. The van der Waals surface area contributed by atoms with E-state index < -0.39 is 0 Å². The van der Waals surface area contributed by atoms with Gasteiger partial charge in [-0.15, -0.1) is 11.3 Å². The van der Waals surface area contributed by atoms with Crippen molar-refractivity contribution in [3.63, 3.8) is 0 Å². The minimum Gasteiger partial charge on any atom is -0.277 e. The number of benzene rings is 6. The van der Waals surface area contributed by atoms with Crippen molar-refractivity contribution in [2.75, 3.05) is 0 Å². The van der Waals surface area contributed by atoms with Crippen LogP contribution in [-0.2, 0) is 0 Å². The molecule has 0 radical (unpaired) electrons. The van der Waals surface area contributed by atoms with Crippen LogP contribution in [0.2, 0.25) is 0 Å². The van der Waals surface area contributed by atoms with Gasteiger partial charge in [-0.25, -0.2) is 4.98 Å². The Hall–Kier alpha value is -5.91. The van der Waals surface area contributed by atoms with Gasteiger partial charge >= 0.3 is 0 Å². The van der Waals surface area contributed by atoms with Crippen molar-refractivity contribution in [3.8, 4) is 62.2 Å². The van der Waals surface area contributed by atoms with Crippen molar-refractivity contribution in [3.05, 3.63) is 146 Å². The Bertz CT molecular complexity index is 2560. The van der Waals surface area contributed by atoms with E-state index in [1.165, 1.54) is 47.8 Å². The van der Waals surface area contributed by atoms with Gasteiger partial charge in [0.05, 0.1) is 11.2 Å². The van der Waals surface area contributed by atoms with Gasteiger partial charge in [-0.05, 0) is 40.5 Å². The summed E-state index contributed by atoms with van der Waals surface area (Å²) in [5.74, 6) is 1.88. The van der Waals surface area contributed by atoms with Crippen LogP contribution in [0.15, 0.2) is 146 Å². The first kappa shape index (κ1) is 25.4. The molecule has 0 unspecified atom stereocenters. The van der Waals surface area contributed by atoms with Crippen molar-refractivity contribution in [1.82, 2.24) is 19.5 Å². The van der Waals surface area contributed by atoms with E-state index in [-0.39, 0.29) is 0 Å². The molecule has 4 nitrogen and oxygen atoms in total. The topological polar surface area (TPSA) is 43.6 Å². The molecule has 0 saturated heterocycles. The highest BCUT2D eigenvalue weighted by atomic mass is 32.1. The van der Waals surface area contributed by atoms with Gasteiger partial charge < -0.3 is 0 Å². The van der Waals surface area contributed by atoms with Gasteiger partial charge in [0.1, 0.15) is 0 Å². The number of hydrogen-bond acceptors (Lipinski definition) is 4. The molecule has 3 aromatic heterocycles. The van der Waals surface area contributed by atoms with Crippen LogP contribution in [0.3, 0.4) is 0 Å². The molecule has 6 aromatic carbocycles. The maximum Gasteiger partial charge on any atom is 0.238 e. The molecule has 46 heavy (non-hydrogen) atoms. The van der Waals surface area contributed by atoms with E-state index in [9.17, 15) is 0 Å². The van der Waals surface area contributed by atoms with E-state index in [4.69, 9.17) is 15.0 Å². The molecule has 0 bridgehead atoms. The minimum absolute atomic E-state index is 0.594. The zero-order chi connectivity index (χ0) is 30.2. The van der Waals surface area contributed by atoms with Crippen molar-refractivity contribution in [1.29, 1.82) is 0 Å². The molecule has 0 N–H and O–H groups in total. The van der Waals surface area contributed by atoms with Gasteiger partial charge in [0.2, 0.25) is 5.95 Å². The molecule has 1 aliphatic carbocycles. The van der Waals surface area contributed by atoms with Crippen LogP contribution >= 0.6 is 11.3 Å². The van der Waals surface area contributed by atoms with Gasteiger partial charge in [-0.3, -0.25) is 4.57 Å². The number of nitrogens with zero attached hydrogens (tertiary/aromatic N) is 4. The lowest BCUT2D eigenvalue weighted by molar-refractivity contribution is 0.938. The van der Waals surface area contributed by atoms with Crippen molar-refractivity contribution in [2.45, 2.75) is 0 Å². The first-order valence-electron chi connectivity index (χ1n) is 15.4. The second-order valence-corrected chi connectivity index (χ2v) is 12.7. The Morgan fingerprint density at radius 2 is 0.913 bits per heavy atom. The summed E-state index contributed by atoms with van der Waals surface area (Å²) >= 11 is 1.87. The highest BCUT2D eigenvalue weighted by Crippen LogP contribution is 2.54. The normalized spacial score (nSPS) is 11.9. The molecule has 9 aromatic rings. The van der Waals surface area contributed by atoms with Gasteiger partial charge in [-0.1, -0.05) is 127 Å². The fourth-order valence-electron chi connectivity index (χ4n) is 7.10. The Balaban J connectivity index is 1.40. The zero-order valence-corrected chi connectivity index (χ0v) is 25.4. The Morgan fingerprint density at radius 1 is 0.413 bits per heavy atom. The molecule has 10 rings (SSSR count). The summed E-state index contributed by atoms with van der Waals surface area (Å²) in [6.07, 6.45) is 0. The van der Waals surface area contributed by atoms with E-state index >= 15 is 0 Å². The van der Waals surface area contributed by atoms with Gasteiger partial charge in [0.15, 0.2) is 11.6 Å². The average Bonchev–Trinajstić information content (AvgIpc) is 3.65. The number of fused-ring (bicyclic) bond motifs is 2. The maximum absolute atomic E-state index is 5.22. The van der Waals surface area contributed by atoms with E-state index in [0.717, 1.165) is 27.9 Å². The van der Waals surface area contributed by atoms with Crippen LogP contribution in [0.1, 0.15) is 0 Å². The monoisotopic (exact) mass is 604 g/mol. The number of aromatic nitrogens is 4. The zero-order valence-electron chi connectivity index (χ0n) is 24.6. The third-order valence-electron chi connectivity index (χ3n) is 9.01. The molecule has 1 aliphatic rings. The van der Waals surface area contributed by atoms with Gasteiger partial charge in [0, 0.05) is 42.2 Å². The lowest BCUT2D eigenvalue weighted by atomic mass is 9.95. The Kier molecular flexibility index (Phi) is 5.41. The molecule has 0 spiro atoms. The summed E-state index contributed by atoms with van der Waals surface area (Å²) in [4.78, 5) is 15.4. The third kappa shape index (κ3) is 3.63. The van der Waals surface area contributed by atoms with Crippen molar-refractivity contribution >= 4 is 42.4 Å². The number of hydrogen-bond donors (Lipinski definition) is 0. The molecule has 0 amide bonds. The van der Waals surface area contributed by atoms with Gasteiger partial charge in [0.25, 0.3) is 0 Å². The fourth-order valence-corrected chi connectivity index (χ4v) is 8.26. The lowest BCUT2D eigenvalue weighted by Gasteiger charge is -2.14. The fraction of sp³-hybridized carbons (Fsp3) is 0. The van der Waals surface area contributed by atoms with Crippen LogP contribution in [-0.4, -0.2) is 19.5 Å². The highest BCUT2D eigenvalue weighted by Gasteiger charge is 2.30. The first-order chi connectivity index (χ1) is 22.8. The molecule has 0 saturated carbocycles. The summed E-state index contributed by atoms with van der Waals surface area (Å²) in [6.45, 7) is 0. The van der Waals surface area contributed by atoms with E-state index in [2.05, 4.69) is 114 Å². The third-order valence-corrected chi connectivity index (χ3v) is 10.1. The summed E-state index contributed by atoms with van der Waals surface area (Å²) < 4.78 is 4.87. The lowest BCUT2D eigenvalue weighted by Crippen LogP contribution is -2.08. The summed E-state index contributed by atoms with van der Waals surface area (Å²) in [5.41, 5.74) is 10.1. The maximum atomic E-state index is 5.22. The SMILES string of the molecule is c1ccc(-c2nc(-c3ccccc3)nc(-n3c(-c4ccccc4)c4c5c(cccc53)-c3cccc5sc6cccc-4c6c35)n2)cc1. The number of rotatable bonds is 4. The molecule has 0 atom stereocenters. The summed E-state index contributed by atoms with van der Waals surface area (Å²) in [6, 6.07) is 51.1. The van der Waals surface area contributed by atoms with Crippen LogP contribution in [0, 0.1) is 0 Å². The van der Waals surface area contributed by atoms with Gasteiger partial charge in [-0.2, -0.15) is 9.97 Å². The Morgan fingerprint density at radius 3 is 1.52 bits per heavy atom. The molecule has 0 aliphatic heterocycles. The standard InChI is InChI=1S/C41H24N4S/c1-4-13-25(14-5-1)38-37-30-21-12-24-33-36(30)35-29(20-11-23-32(35)46-33)28-19-10-22-31(34(28)37)45(38)41-43-39(26-15-6-2-7-16-26)42-40(44-41)27-17-8-3-9-18-27/h1-24H. The minimum atomic E-state index is 0.594. The summed E-state index contributed by atoms with van der Waals surface area (Å²) in [5, 5.41) is 3.87.